The molecular weight excluding hydrogens is 222 g/mol. The van der Waals surface area contributed by atoms with E-state index < -0.39 is 0 Å². The molecule has 0 amide bonds. The lowest BCUT2D eigenvalue weighted by Gasteiger charge is -2.37. The Bertz CT molecular complexity index is 378. The molecule has 1 saturated heterocycles. The third-order valence-corrected chi connectivity index (χ3v) is 3.80. The number of nitrogens with one attached hydrogen (secondary N) is 1. The van der Waals surface area contributed by atoms with E-state index in [0.29, 0.717) is 6.04 Å². The van der Waals surface area contributed by atoms with Crippen LogP contribution in [-0.2, 0) is 6.54 Å². The fraction of sp³-hybridized carbons (Fsp3) is 0.667. The minimum atomic E-state index is 0.614. The predicted octanol–water partition coefficient (Wildman–Crippen LogP) is 2.82. The molecule has 100 valence electrons. The molecule has 0 aromatic carbocycles. The Kier molecular flexibility index (Phi) is 4.59. The Morgan fingerprint density at radius 1 is 1.39 bits per heavy atom. The van der Waals surface area contributed by atoms with Crippen molar-refractivity contribution in [2.45, 2.75) is 46.2 Å². The van der Waals surface area contributed by atoms with Crippen LogP contribution in [0, 0.1) is 5.92 Å². The first-order chi connectivity index (χ1) is 8.70. The van der Waals surface area contributed by atoms with Gasteiger partial charge in [0.05, 0.1) is 0 Å². The van der Waals surface area contributed by atoms with Crippen molar-refractivity contribution in [3.05, 3.63) is 23.9 Å². The van der Waals surface area contributed by atoms with Gasteiger partial charge in [-0.25, -0.2) is 4.98 Å². The molecule has 3 nitrogen and oxygen atoms in total. The number of hydrogen-bond donors (Lipinski definition) is 1. The highest BCUT2D eigenvalue weighted by molar-refractivity contribution is 5.42. The lowest BCUT2D eigenvalue weighted by molar-refractivity contribution is 0.388. The van der Waals surface area contributed by atoms with E-state index in [9.17, 15) is 0 Å². The number of aromatic nitrogens is 1. The normalized spacial score (nSPS) is 24.3. The second-order valence-electron chi connectivity index (χ2n) is 5.49. The maximum absolute atomic E-state index is 4.55. The molecule has 0 spiro atoms. The van der Waals surface area contributed by atoms with Crippen LogP contribution in [0.2, 0.25) is 0 Å². The molecule has 2 heterocycles. The molecular formula is C15H25N3. The van der Waals surface area contributed by atoms with E-state index in [4.69, 9.17) is 0 Å². The van der Waals surface area contributed by atoms with Crippen LogP contribution in [0.1, 0.15) is 39.2 Å². The molecule has 0 saturated carbocycles. The summed E-state index contributed by atoms with van der Waals surface area (Å²) in [5.74, 6) is 1.92. The van der Waals surface area contributed by atoms with Gasteiger partial charge in [-0.15, -0.1) is 0 Å². The van der Waals surface area contributed by atoms with Gasteiger partial charge in [-0.1, -0.05) is 13.8 Å². The standard InChI is InChI=1S/C15H25N3/c1-4-16-10-14-7-8-17-15(9-14)18-11-12(2)5-6-13(18)3/h7-9,12-13,16H,4-6,10-11H2,1-3H3. The average Bonchev–Trinajstić information content (AvgIpc) is 2.39. The molecule has 2 unspecified atom stereocenters. The van der Waals surface area contributed by atoms with Crippen LogP contribution in [0.4, 0.5) is 5.82 Å². The SMILES string of the molecule is CCNCc1ccnc(N2CC(C)CCC2C)c1. The van der Waals surface area contributed by atoms with Gasteiger partial charge in [0.25, 0.3) is 0 Å². The summed E-state index contributed by atoms with van der Waals surface area (Å²) in [5.41, 5.74) is 1.33. The lowest BCUT2D eigenvalue weighted by atomic mass is 9.95. The Balaban J connectivity index is 2.11. The highest BCUT2D eigenvalue weighted by atomic mass is 15.2. The van der Waals surface area contributed by atoms with E-state index in [-0.39, 0.29) is 0 Å². The largest absolute Gasteiger partial charge is 0.354 e. The van der Waals surface area contributed by atoms with Crippen LogP contribution in [0.5, 0.6) is 0 Å². The van der Waals surface area contributed by atoms with Gasteiger partial charge in [0, 0.05) is 25.3 Å². The quantitative estimate of drug-likeness (QED) is 0.887. The molecule has 1 aliphatic rings. The summed E-state index contributed by atoms with van der Waals surface area (Å²) in [5, 5.41) is 3.37. The monoisotopic (exact) mass is 247 g/mol. The first-order valence-corrected chi connectivity index (χ1v) is 7.13. The zero-order valence-corrected chi connectivity index (χ0v) is 11.8. The summed E-state index contributed by atoms with van der Waals surface area (Å²) in [4.78, 5) is 7.02. The zero-order valence-electron chi connectivity index (χ0n) is 11.8. The van der Waals surface area contributed by atoms with Crippen molar-refractivity contribution in [2.24, 2.45) is 5.92 Å². The number of pyridine rings is 1. The van der Waals surface area contributed by atoms with E-state index in [0.717, 1.165) is 31.4 Å². The third kappa shape index (κ3) is 3.22. The van der Waals surface area contributed by atoms with E-state index >= 15 is 0 Å². The molecule has 2 rings (SSSR count). The van der Waals surface area contributed by atoms with Crippen LogP contribution < -0.4 is 10.2 Å². The summed E-state index contributed by atoms with van der Waals surface area (Å²) in [6, 6.07) is 4.95. The van der Waals surface area contributed by atoms with Crippen molar-refractivity contribution in [2.75, 3.05) is 18.0 Å². The Labute approximate surface area is 111 Å². The Morgan fingerprint density at radius 3 is 3.00 bits per heavy atom. The molecule has 0 aliphatic carbocycles. The minimum absolute atomic E-state index is 0.614. The topological polar surface area (TPSA) is 28.2 Å². The van der Waals surface area contributed by atoms with Crippen LogP contribution in [0.25, 0.3) is 0 Å². The van der Waals surface area contributed by atoms with Gasteiger partial charge < -0.3 is 10.2 Å². The number of nitrogens with zero attached hydrogens (tertiary/aromatic N) is 2. The summed E-state index contributed by atoms with van der Waals surface area (Å²) < 4.78 is 0. The average molecular weight is 247 g/mol. The van der Waals surface area contributed by atoms with Crippen LogP contribution in [-0.4, -0.2) is 24.1 Å². The molecule has 18 heavy (non-hydrogen) atoms. The van der Waals surface area contributed by atoms with E-state index in [1.165, 1.54) is 18.4 Å². The van der Waals surface area contributed by atoms with Crippen molar-refractivity contribution < 1.29 is 0 Å². The Morgan fingerprint density at radius 2 is 2.22 bits per heavy atom. The second-order valence-corrected chi connectivity index (χ2v) is 5.49. The van der Waals surface area contributed by atoms with Gasteiger partial charge in [-0.05, 0) is 49.9 Å². The van der Waals surface area contributed by atoms with Gasteiger partial charge in [-0.2, -0.15) is 0 Å². The van der Waals surface area contributed by atoms with Gasteiger partial charge in [0.15, 0.2) is 0 Å². The molecule has 2 atom stereocenters. The van der Waals surface area contributed by atoms with Gasteiger partial charge in [0.2, 0.25) is 0 Å². The number of hydrogen-bond acceptors (Lipinski definition) is 3. The summed E-state index contributed by atoms with van der Waals surface area (Å²) in [7, 11) is 0. The fourth-order valence-corrected chi connectivity index (χ4v) is 2.60. The smallest absolute Gasteiger partial charge is 0.129 e. The number of piperidine rings is 1. The second kappa shape index (κ2) is 6.19. The first kappa shape index (κ1) is 13.3. The molecule has 1 aromatic heterocycles. The maximum Gasteiger partial charge on any atom is 0.129 e. The van der Waals surface area contributed by atoms with Gasteiger partial charge >= 0.3 is 0 Å². The molecule has 1 fully saturated rings. The lowest BCUT2D eigenvalue weighted by Crippen LogP contribution is -2.41. The van der Waals surface area contributed by atoms with Crippen molar-refractivity contribution >= 4 is 5.82 Å². The van der Waals surface area contributed by atoms with Crippen molar-refractivity contribution in [3.63, 3.8) is 0 Å². The van der Waals surface area contributed by atoms with E-state index in [2.05, 4.69) is 48.1 Å². The van der Waals surface area contributed by atoms with E-state index in [1.807, 2.05) is 6.20 Å². The number of anilines is 1. The van der Waals surface area contributed by atoms with Crippen LogP contribution in [0.15, 0.2) is 18.3 Å². The van der Waals surface area contributed by atoms with E-state index in [1.54, 1.807) is 0 Å². The van der Waals surface area contributed by atoms with Crippen molar-refractivity contribution in [3.8, 4) is 0 Å². The molecule has 1 aromatic rings. The Hall–Kier alpha value is -1.09. The molecule has 1 aliphatic heterocycles. The summed E-state index contributed by atoms with van der Waals surface area (Å²) in [6.07, 6.45) is 4.56. The first-order valence-electron chi connectivity index (χ1n) is 7.13. The predicted molar refractivity (Wildman–Crippen MR) is 76.8 cm³/mol. The van der Waals surface area contributed by atoms with Crippen LogP contribution >= 0.6 is 0 Å². The van der Waals surface area contributed by atoms with Crippen molar-refractivity contribution in [1.29, 1.82) is 0 Å². The van der Waals surface area contributed by atoms with Gasteiger partial charge in [-0.3, -0.25) is 0 Å². The fourth-order valence-electron chi connectivity index (χ4n) is 2.60. The molecule has 0 bridgehead atoms. The highest BCUT2D eigenvalue weighted by Crippen LogP contribution is 2.26. The molecule has 1 N–H and O–H groups in total. The molecule has 0 radical (unpaired) electrons. The zero-order chi connectivity index (χ0) is 13.0. The van der Waals surface area contributed by atoms with Gasteiger partial charge in [0.1, 0.15) is 5.82 Å². The van der Waals surface area contributed by atoms with Crippen molar-refractivity contribution in [1.82, 2.24) is 10.3 Å². The summed E-state index contributed by atoms with van der Waals surface area (Å²) >= 11 is 0. The summed E-state index contributed by atoms with van der Waals surface area (Å²) in [6.45, 7) is 9.86. The minimum Gasteiger partial charge on any atom is -0.354 e. The highest BCUT2D eigenvalue weighted by Gasteiger charge is 2.23. The van der Waals surface area contributed by atoms with Crippen LogP contribution in [0.3, 0.4) is 0 Å². The number of rotatable bonds is 4. The maximum atomic E-state index is 4.55. The third-order valence-electron chi connectivity index (χ3n) is 3.80. The molecule has 3 heteroatoms.